The molecule has 128 valence electrons. The third-order valence-corrected chi connectivity index (χ3v) is 4.20. The van der Waals surface area contributed by atoms with Crippen LogP contribution in [0.15, 0.2) is 24.4 Å². The number of aliphatic hydroxyl groups is 1. The van der Waals surface area contributed by atoms with Gasteiger partial charge in [0.25, 0.3) is 5.79 Å². The van der Waals surface area contributed by atoms with Crippen molar-refractivity contribution in [2.75, 3.05) is 13.7 Å². The summed E-state index contributed by atoms with van der Waals surface area (Å²) in [6.45, 7) is 2.25. The molecule has 2 aromatic rings. The zero-order valence-corrected chi connectivity index (χ0v) is 13.7. The molecule has 2 N–H and O–H groups in total. The number of carbonyl (C=O) groups excluding carboxylic acids is 2. The van der Waals surface area contributed by atoms with E-state index in [-0.39, 0.29) is 6.42 Å². The molecular weight excluding hydrogens is 314 g/mol. The predicted octanol–water partition coefficient (Wildman–Crippen LogP) is 1.53. The molecule has 24 heavy (non-hydrogen) atoms. The van der Waals surface area contributed by atoms with Crippen molar-refractivity contribution in [3.05, 3.63) is 30.0 Å². The molecule has 0 bridgehead atoms. The van der Waals surface area contributed by atoms with Gasteiger partial charge in [0.05, 0.1) is 13.7 Å². The number of carbonyl (C=O) groups is 2. The number of H-pyrrole nitrogens is 1. The van der Waals surface area contributed by atoms with Crippen molar-refractivity contribution in [1.29, 1.82) is 0 Å². The summed E-state index contributed by atoms with van der Waals surface area (Å²) in [5.74, 6) is -2.26. The summed E-state index contributed by atoms with van der Waals surface area (Å²) in [4.78, 5) is 28.0. The van der Waals surface area contributed by atoms with Crippen LogP contribution in [0, 0.1) is 5.41 Å². The van der Waals surface area contributed by atoms with Gasteiger partial charge in [-0.25, -0.2) is 0 Å². The second-order valence-electron chi connectivity index (χ2n) is 6.32. The van der Waals surface area contributed by atoms with E-state index in [2.05, 4.69) is 4.98 Å². The Morgan fingerprint density at radius 3 is 2.46 bits per heavy atom. The molecule has 7 heteroatoms. The quantitative estimate of drug-likeness (QED) is 0.650. The number of methoxy groups -OCH3 is 1. The number of fused-ring (bicyclic) bond motifs is 1. The normalized spacial score (nSPS) is 19.0. The molecular formula is C17H19NO6. The Balaban J connectivity index is 2.02. The molecule has 0 unspecified atom stereocenters. The Labute approximate surface area is 138 Å². The first-order chi connectivity index (χ1) is 11.3. The highest BCUT2D eigenvalue weighted by Gasteiger charge is 2.56. The second kappa shape index (κ2) is 5.52. The number of aromatic amines is 1. The van der Waals surface area contributed by atoms with Gasteiger partial charge in [0.2, 0.25) is 0 Å². The minimum atomic E-state index is -1.77. The van der Waals surface area contributed by atoms with Gasteiger partial charge in [-0.05, 0) is 23.8 Å². The fraction of sp³-hybridized carbons (Fsp3) is 0.412. The van der Waals surface area contributed by atoms with Crippen LogP contribution in [0.1, 0.15) is 19.4 Å². The number of rotatable bonds is 4. The average Bonchev–Trinajstić information content (AvgIpc) is 2.92. The standard InChI is InChI=1S/C17H19NO6/c1-16(2)23-14(20)17(9-19,15(21)24-16)7-10-8-18-13-5-4-11(22-3)6-12(10)13/h4-6,8,18-19H,7,9H2,1-3H3. The van der Waals surface area contributed by atoms with Crippen LogP contribution in [-0.2, 0) is 25.5 Å². The van der Waals surface area contributed by atoms with Crippen molar-refractivity contribution in [3.63, 3.8) is 0 Å². The number of hydrogen-bond acceptors (Lipinski definition) is 6. The van der Waals surface area contributed by atoms with E-state index >= 15 is 0 Å². The first kappa shape index (κ1) is 16.3. The molecule has 1 aliphatic heterocycles. The predicted molar refractivity (Wildman–Crippen MR) is 84.3 cm³/mol. The van der Waals surface area contributed by atoms with Crippen LogP contribution >= 0.6 is 0 Å². The third-order valence-electron chi connectivity index (χ3n) is 4.20. The molecule has 1 aromatic heterocycles. The van der Waals surface area contributed by atoms with Crippen LogP contribution < -0.4 is 4.74 Å². The van der Waals surface area contributed by atoms with Gasteiger partial charge in [-0.2, -0.15) is 0 Å². The Hall–Kier alpha value is -2.54. The Morgan fingerprint density at radius 2 is 1.88 bits per heavy atom. The van der Waals surface area contributed by atoms with Gasteiger partial charge in [0.15, 0.2) is 5.41 Å². The number of cyclic esters (lactones) is 2. The molecule has 0 amide bonds. The minimum Gasteiger partial charge on any atom is -0.497 e. The van der Waals surface area contributed by atoms with Crippen LogP contribution in [0.3, 0.4) is 0 Å². The molecule has 1 aromatic carbocycles. The number of hydrogen-bond donors (Lipinski definition) is 2. The third kappa shape index (κ3) is 2.50. The summed E-state index contributed by atoms with van der Waals surface area (Å²) in [6, 6.07) is 5.44. The molecule has 0 aliphatic carbocycles. The Bertz CT molecular complexity index is 787. The van der Waals surface area contributed by atoms with E-state index < -0.39 is 29.7 Å². The van der Waals surface area contributed by atoms with Gasteiger partial charge in [0, 0.05) is 37.4 Å². The van der Waals surface area contributed by atoms with Crippen molar-refractivity contribution in [2.45, 2.75) is 26.1 Å². The van der Waals surface area contributed by atoms with E-state index in [9.17, 15) is 14.7 Å². The monoisotopic (exact) mass is 333 g/mol. The fourth-order valence-electron chi connectivity index (χ4n) is 2.83. The maximum Gasteiger partial charge on any atom is 0.329 e. The molecule has 1 fully saturated rings. The second-order valence-corrected chi connectivity index (χ2v) is 6.32. The SMILES string of the molecule is COc1ccc2[nH]cc(CC3(CO)C(=O)OC(C)(C)OC3=O)c2c1. The number of aromatic nitrogens is 1. The number of benzene rings is 1. The summed E-state index contributed by atoms with van der Waals surface area (Å²) in [5.41, 5.74) is -0.253. The van der Waals surface area contributed by atoms with Gasteiger partial charge in [-0.15, -0.1) is 0 Å². The lowest BCUT2D eigenvalue weighted by molar-refractivity contribution is -0.253. The van der Waals surface area contributed by atoms with E-state index in [0.29, 0.717) is 11.3 Å². The maximum absolute atomic E-state index is 12.4. The van der Waals surface area contributed by atoms with Crippen molar-refractivity contribution in [1.82, 2.24) is 4.98 Å². The van der Waals surface area contributed by atoms with Gasteiger partial charge >= 0.3 is 11.9 Å². The number of nitrogens with one attached hydrogen (secondary N) is 1. The molecule has 0 radical (unpaired) electrons. The highest BCUT2D eigenvalue weighted by Crippen LogP contribution is 2.37. The molecule has 0 saturated carbocycles. The lowest BCUT2D eigenvalue weighted by atomic mass is 9.81. The van der Waals surface area contributed by atoms with Gasteiger partial charge in [-0.1, -0.05) is 0 Å². The van der Waals surface area contributed by atoms with E-state index in [1.807, 2.05) is 6.07 Å². The number of ether oxygens (including phenoxy) is 3. The van der Waals surface area contributed by atoms with E-state index in [1.165, 1.54) is 13.8 Å². The number of esters is 2. The molecule has 1 saturated heterocycles. The van der Waals surface area contributed by atoms with Crippen LogP contribution in [0.2, 0.25) is 0 Å². The van der Waals surface area contributed by atoms with E-state index in [4.69, 9.17) is 14.2 Å². The largest absolute Gasteiger partial charge is 0.497 e. The topological polar surface area (TPSA) is 97.8 Å². The van der Waals surface area contributed by atoms with E-state index in [1.54, 1.807) is 25.4 Å². The van der Waals surface area contributed by atoms with Crippen molar-refractivity contribution in [3.8, 4) is 5.75 Å². The van der Waals surface area contributed by atoms with E-state index in [0.717, 1.165) is 10.9 Å². The maximum atomic E-state index is 12.4. The highest BCUT2D eigenvalue weighted by atomic mass is 16.7. The first-order valence-electron chi connectivity index (χ1n) is 7.53. The fourth-order valence-corrected chi connectivity index (χ4v) is 2.83. The molecule has 1 aliphatic rings. The van der Waals surface area contributed by atoms with Crippen LogP contribution in [0.4, 0.5) is 0 Å². The van der Waals surface area contributed by atoms with Gasteiger partial charge in [0.1, 0.15) is 5.75 Å². The number of aliphatic hydroxyl groups excluding tert-OH is 1. The summed E-state index contributed by atoms with van der Waals surface area (Å²) in [6.07, 6.45) is 1.66. The smallest absolute Gasteiger partial charge is 0.329 e. The average molecular weight is 333 g/mol. The molecule has 2 heterocycles. The van der Waals surface area contributed by atoms with Crippen molar-refractivity contribution < 1.29 is 28.9 Å². The van der Waals surface area contributed by atoms with Crippen molar-refractivity contribution in [2.24, 2.45) is 5.41 Å². The van der Waals surface area contributed by atoms with Crippen molar-refractivity contribution >= 4 is 22.8 Å². The summed E-state index contributed by atoms with van der Waals surface area (Å²) < 4.78 is 15.6. The zero-order chi connectivity index (χ0) is 17.5. The molecule has 3 rings (SSSR count). The van der Waals surface area contributed by atoms with Gasteiger partial charge < -0.3 is 24.3 Å². The Morgan fingerprint density at radius 1 is 1.21 bits per heavy atom. The molecule has 0 spiro atoms. The summed E-state index contributed by atoms with van der Waals surface area (Å²) >= 11 is 0. The first-order valence-corrected chi connectivity index (χ1v) is 7.53. The summed E-state index contributed by atoms with van der Waals surface area (Å²) in [7, 11) is 1.56. The van der Waals surface area contributed by atoms with Gasteiger partial charge in [-0.3, -0.25) is 9.59 Å². The minimum absolute atomic E-state index is 0.0373. The lowest BCUT2D eigenvalue weighted by Crippen LogP contribution is -2.56. The van der Waals surface area contributed by atoms with Crippen LogP contribution in [0.5, 0.6) is 5.75 Å². The van der Waals surface area contributed by atoms with Crippen LogP contribution in [-0.4, -0.2) is 41.5 Å². The molecule has 7 nitrogen and oxygen atoms in total. The Kier molecular flexibility index (Phi) is 3.76. The zero-order valence-electron chi connectivity index (χ0n) is 13.7. The van der Waals surface area contributed by atoms with Crippen LogP contribution in [0.25, 0.3) is 10.9 Å². The summed E-state index contributed by atoms with van der Waals surface area (Å²) in [5, 5.41) is 10.6. The lowest BCUT2D eigenvalue weighted by Gasteiger charge is -2.39. The molecule has 0 atom stereocenters. The highest BCUT2D eigenvalue weighted by molar-refractivity contribution is 6.02.